The molecule has 0 fully saturated rings. The molecule has 1 unspecified atom stereocenters. The second-order valence-electron chi connectivity index (χ2n) is 5.67. The highest BCUT2D eigenvalue weighted by molar-refractivity contribution is 5.94. The molecule has 2 rings (SSSR count). The van der Waals surface area contributed by atoms with E-state index in [1.807, 2.05) is 6.92 Å². The summed E-state index contributed by atoms with van der Waals surface area (Å²) in [5.74, 6) is -0.0671. The molecule has 2 aromatic rings. The summed E-state index contributed by atoms with van der Waals surface area (Å²) >= 11 is 0. The first kappa shape index (κ1) is 20.1. The molecule has 27 heavy (non-hydrogen) atoms. The molecular formula is C20H22NO6-. The van der Waals surface area contributed by atoms with E-state index in [4.69, 9.17) is 14.2 Å². The molecule has 0 spiro atoms. The lowest BCUT2D eigenvalue weighted by molar-refractivity contribution is -0.306. The zero-order chi connectivity index (χ0) is 19.8. The standard InChI is InChI=1S/C20H23NO6/c1-4-27-17-10-7-14(11-18(17)26-3)16(12-19(22)23)21-20(24)13-5-8-15(25-2)9-6-13/h5-11,16H,4,12H2,1-3H3,(H,21,24)(H,22,23)/p-1. The van der Waals surface area contributed by atoms with Gasteiger partial charge < -0.3 is 29.4 Å². The summed E-state index contributed by atoms with van der Waals surface area (Å²) in [6, 6.07) is 10.7. The topological polar surface area (TPSA) is 96.9 Å². The van der Waals surface area contributed by atoms with Gasteiger partial charge in [-0.15, -0.1) is 0 Å². The predicted molar refractivity (Wildman–Crippen MR) is 97.0 cm³/mol. The van der Waals surface area contributed by atoms with Crippen molar-refractivity contribution in [1.82, 2.24) is 5.32 Å². The third-order valence-electron chi connectivity index (χ3n) is 3.92. The van der Waals surface area contributed by atoms with Gasteiger partial charge in [0.25, 0.3) is 5.91 Å². The van der Waals surface area contributed by atoms with Gasteiger partial charge in [0, 0.05) is 18.0 Å². The first-order valence-electron chi connectivity index (χ1n) is 8.44. The van der Waals surface area contributed by atoms with E-state index in [0.29, 0.717) is 35.0 Å². The van der Waals surface area contributed by atoms with Crippen LogP contribution in [0.5, 0.6) is 17.2 Å². The SMILES string of the molecule is CCOc1ccc(C(CC(=O)[O-])NC(=O)c2ccc(OC)cc2)cc1OC. The number of hydrogen-bond acceptors (Lipinski definition) is 6. The largest absolute Gasteiger partial charge is 0.550 e. The van der Waals surface area contributed by atoms with Crippen LogP contribution in [0.15, 0.2) is 42.5 Å². The number of carboxylic acid groups (broad SMARTS) is 1. The van der Waals surface area contributed by atoms with Crippen LogP contribution in [0, 0.1) is 0 Å². The van der Waals surface area contributed by atoms with Gasteiger partial charge in [-0.2, -0.15) is 0 Å². The second-order valence-corrected chi connectivity index (χ2v) is 5.67. The number of ether oxygens (including phenoxy) is 3. The zero-order valence-corrected chi connectivity index (χ0v) is 15.5. The lowest BCUT2D eigenvalue weighted by Crippen LogP contribution is -2.34. The highest BCUT2D eigenvalue weighted by atomic mass is 16.5. The molecule has 1 atom stereocenters. The van der Waals surface area contributed by atoms with Gasteiger partial charge >= 0.3 is 0 Å². The average Bonchev–Trinajstić information content (AvgIpc) is 2.67. The van der Waals surface area contributed by atoms with Crippen LogP contribution in [0.3, 0.4) is 0 Å². The van der Waals surface area contributed by atoms with Crippen molar-refractivity contribution in [3.8, 4) is 17.2 Å². The monoisotopic (exact) mass is 372 g/mol. The number of carbonyl (C=O) groups excluding carboxylic acids is 2. The van der Waals surface area contributed by atoms with Crippen LogP contribution in [0.2, 0.25) is 0 Å². The molecule has 0 saturated carbocycles. The number of benzene rings is 2. The van der Waals surface area contributed by atoms with Crippen molar-refractivity contribution in [2.24, 2.45) is 0 Å². The van der Waals surface area contributed by atoms with Gasteiger partial charge in [0.1, 0.15) is 5.75 Å². The van der Waals surface area contributed by atoms with Gasteiger partial charge in [-0.1, -0.05) is 6.07 Å². The van der Waals surface area contributed by atoms with Crippen LogP contribution in [-0.4, -0.2) is 32.7 Å². The molecule has 0 aliphatic rings. The van der Waals surface area contributed by atoms with Crippen LogP contribution < -0.4 is 24.6 Å². The Hall–Kier alpha value is -3.22. The van der Waals surface area contributed by atoms with Crippen molar-refractivity contribution in [1.29, 1.82) is 0 Å². The van der Waals surface area contributed by atoms with E-state index in [1.165, 1.54) is 14.2 Å². The maximum absolute atomic E-state index is 12.5. The van der Waals surface area contributed by atoms with Crippen molar-refractivity contribution in [2.45, 2.75) is 19.4 Å². The molecule has 0 aromatic heterocycles. The first-order chi connectivity index (χ1) is 13.0. The Labute approximate surface area is 157 Å². The Balaban J connectivity index is 2.26. The first-order valence-corrected chi connectivity index (χ1v) is 8.44. The average molecular weight is 372 g/mol. The molecule has 1 N–H and O–H groups in total. The molecule has 0 heterocycles. The number of carboxylic acids is 1. The molecule has 0 bridgehead atoms. The minimum absolute atomic E-state index is 0.376. The second kappa shape index (κ2) is 9.47. The smallest absolute Gasteiger partial charge is 0.251 e. The Kier molecular flexibility index (Phi) is 7.05. The van der Waals surface area contributed by atoms with Crippen molar-refractivity contribution < 1.29 is 28.9 Å². The van der Waals surface area contributed by atoms with E-state index in [9.17, 15) is 14.7 Å². The maximum Gasteiger partial charge on any atom is 0.251 e. The molecule has 0 aliphatic heterocycles. The molecule has 2 aromatic carbocycles. The van der Waals surface area contributed by atoms with Crippen molar-refractivity contribution in [3.63, 3.8) is 0 Å². The predicted octanol–water partition coefficient (Wildman–Crippen LogP) is 1.71. The molecule has 0 saturated heterocycles. The van der Waals surface area contributed by atoms with Crippen LogP contribution >= 0.6 is 0 Å². The fourth-order valence-corrected chi connectivity index (χ4v) is 2.58. The number of carbonyl (C=O) groups is 2. The number of nitrogens with one attached hydrogen (secondary N) is 1. The molecule has 7 nitrogen and oxygen atoms in total. The number of hydrogen-bond donors (Lipinski definition) is 1. The number of methoxy groups -OCH3 is 2. The summed E-state index contributed by atoms with van der Waals surface area (Å²) in [6.45, 7) is 2.31. The van der Waals surface area contributed by atoms with E-state index in [-0.39, 0.29) is 6.42 Å². The van der Waals surface area contributed by atoms with Crippen LogP contribution in [-0.2, 0) is 4.79 Å². The number of rotatable bonds is 9. The maximum atomic E-state index is 12.5. The Morgan fingerprint density at radius 1 is 1.04 bits per heavy atom. The zero-order valence-electron chi connectivity index (χ0n) is 15.5. The van der Waals surface area contributed by atoms with Crippen LogP contribution in [0.4, 0.5) is 0 Å². The Morgan fingerprint density at radius 3 is 2.30 bits per heavy atom. The van der Waals surface area contributed by atoms with Gasteiger partial charge in [-0.25, -0.2) is 0 Å². The lowest BCUT2D eigenvalue weighted by atomic mass is 10.0. The van der Waals surface area contributed by atoms with E-state index < -0.39 is 17.9 Å². The van der Waals surface area contributed by atoms with Gasteiger partial charge in [0.05, 0.1) is 26.9 Å². The third-order valence-corrected chi connectivity index (χ3v) is 3.92. The molecule has 0 aliphatic carbocycles. The third kappa shape index (κ3) is 5.37. The van der Waals surface area contributed by atoms with Gasteiger partial charge in [0.2, 0.25) is 0 Å². The van der Waals surface area contributed by atoms with E-state index in [1.54, 1.807) is 42.5 Å². The summed E-state index contributed by atoms with van der Waals surface area (Å²) < 4.78 is 15.8. The molecule has 1 amide bonds. The Bertz CT molecular complexity index is 788. The summed E-state index contributed by atoms with van der Waals surface area (Å²) in [5.41, 5.74) is 0.957. The quantitative estimate of drug-likeness (QED) is 0.720. The molecule has 0 radical (unpaired) electrons. The normalized spacial score (nSPS) is 11.4. The van der Waals surface area contributed by atoms with Gasteiger partial charge in [0.15, 0.2) is 11.5 Å². The summed E-state index contributed by atoms with van der Waals surface area (Å²) in [6.07, 6.45) is -0.376. The summed E-state index contributed by atoms with van der Waals surface area (Å²) in [5, 5.41) is 13.9. The minimum Gasteiger partial charge on any atom is -0.550 e. The van der Waals surface area contributed by atoms with Crippen LogP contribution in [0.1, 0.15) is 35.3 Å². The minimum atomic E-state index is -1.28. The van der Waals surface area contributed by atoms with Crippen molar-refractivity contribution in [3.05, 3.63) is 53.6 Å². The summed E-state index contributed by atoms with van der Waals surface area (Å²) in [4.78, 5) is 23.7. The number of aliphatic carboxylic acids is 1. The van der Waals surface area contributed by atoms with Crippen LogP contribution in [0.25, 0.3) is 0 Å². The van der Waals surface area contributed by atoms with E-state index >= 15 is 0 Å². The molecular weight excluding hydrogens is 350 g/mol. The van der Waals surface area contributed by atoms with E-state index in [0.717, 1.165) is 0 Å². The Morgan fingerprint density at radius 2 is 1.74 bits per heavy atom. The van der Waals surface area contributed by atoms with Gasteiger partial charge in [-0.3, -0.25) is 4.79 Å². The van der Waals surface area contributed by atoms with E-state index in [2.05, 4.69) is 5.32 Å². The molecule has 7 heteroatoms. The fourth-order valence-electron chi connectivity index (χ4n) is 2.58. The highest BCUT2D eigenvalue weighted by Gasteiger charge is 2.18. The highest BCUT2D eigenvalue weighted by Crippen LogP contribution is 2.31. The fraction of sp³-hybridized carbons (Fsp3) is 0.300. The lowest BCUT2D eigenvalue weighted by Gasteiger charge is -2.21. The molecule has 144 valence electrons. The van der Waals surface area contributed by atoms with Crippen molar-refractivity contribution >= 4 is 11.9 Å². The summed E-state index contributed by atoms with van der Waals surface area (Å²) in [7, 11) is 3.02. The van der Waals surface area contributed by atoms with Crippen molar-refractivity contribution in [2.75, 3.05) is 20.8 Å². The van der Waals surface area contributed by atoms with Gasteiger partial charge in [-0.05, 0) is 48.9 Å². The number of amides is 1.